The lowest BCUT2D eigenvalue weighted by Crippen LogP contribution is -2.55. The molecule has 3 saturated heterocycles. The second-order valence-corrected chi connectivity index (χ2v) is 14.5. The molecule has 0 aliphatic carbocycles. The third-order valence-electron chi connectivity index (χ3n) is 8.17. The second-order valence-electron chi connectivity index (χ2n) is 11.1. The number of fused-ring (bicyclic) bond motifs is 1. The van der Waals surface area contributed by atoms with Crippen molar-refractivity contribution in [2.24, 2.45) is 5.92 Å². The molecule has 3 aliphatic rings. The third-order valence-corrected chi connectivity index (χ3v) is 11.5. The zero-order valence-corrected chi connectivity index (χ0v) is 25.6. The first-order valence-corrected chi connectivity index (χ1v) is 17.0. The first kappa shape index (κ1) is 30.2. The Hall–Kier alpha value is -2.25. The molecule has 0 saturated carbocycles. The van der Waals surface area contributed by atoms with Crippen LogP contribution in [0, 0.1) is 5.92 Å². The number of rotatable bonds is 9. The maximum absolute atomic E-state index is 13.4. The van der Waals surface area contributed by atoms with Crippen LogP contribution >= 0.6 is 22.9 Å². The van der Waals surface area contributed by atoms with Crippen LogP contribution in [0.4, 0.5) is 0 Å². The molecular formula is C28H37ClN4O6S2. The maximum Gasteiger partial charge on any atom is 0.310 e. The summed E-state index contributed by atoms with van der Waals surface area (Å²) in [6.07, 6.45) is 4.48. The number of hydrogen-bond acceptors (Lipinski definition) is 8. The van der Waals surface area contributed by atoms with E-state index in [0.29, 0.717) is 50.7 Å². The monoisotopic (exact) mass is 624 g/mol. The Morgan fingerprint density at radius 2 is 1.88 bits per heavy atom. The number of amides is 2. The van der Waals surface area contributed by atoms with Crippen LogP contribution < -0.4 is 4.72 Å². The van der Waals surface area contributed by atoms with Gasteiger partial charge in [0.05, 0.1) is 19.1 Å². The molecule has 3 fully saturated rings. The van der Waals surface area contributed by atoms with Crippen molar-refractivity contribution in [1.29, 1.82) is 0 Å². The molecule has 13 heteroatoms. The topological polar surface area (TPSA) is 116 Å². The highest BCUT2D eigenvalue weighted by Gasteiger charge is 2.37. The molecule has 5 rings (SSSR count). The summed E-state index contributed by atoms with van der Waals surface area (Å²) in [7, 11) is -3.93. The number of likely N-dealkylation sites (tertiary alicyclic amines) is 3. The molecule has 4 heterocycles. The molecule has 41 heavy (non-hydrogen) atoms. The number of ether oxygens (including phenoxy) is 1. The average molecular weight is 625 g/mol. The van der Waals surface area contributed by atoms with Gasteiger partial charge >= 0.3 is 5.97 Å². The minimum atomic E-state index is -3.93. The standard InChI is InChI=1S/C28H37ClN4O6S2/c1-2-39-28(36)19-6-3-11-31(16-19)17-22-7-4-13-33(22)25(34)18-32-12-5-8-23(27(32)35)30-41(37,38)26-15-20-14-21(29)9-10-24(20)40-26/h9-10,14-15,19,22-23,30H,2-8,11-13,16-18H2,1H3. The van der Waals surface area contributed by atoms with Crippen LogP contribution in [-0.4, -0.2) is 98.9 Å². The van der Waals surface area contributed by atoms with E-state index in [1.807, 2.05) is 11.8 Å². The molecule has 0 spiro atoms. The predicted molar refractivity (Wildman–Crippen MR) is 157 cm³/mol. The van der Waals surface area contributed by atoms with Crippen LogP contribution in [0.3, 0.4) is 0 Å². The number of esters is 1. The summed E-state index contributed by atoms with van der Waals surface area (Å²) in [4.78, 5) is 44.6. The van der Waals surface area contributed by atoms with Gasteiger partial charge in [-0.2, -0.15) is 4.72 Å². The number of carbonyl (C=O) groups is 3. The Morgan fingerprint density at radius 3 is 2.68 bits per heavy atom. The fraction of sp³-hybridized carbons (Fsp3) is 0.607. The van der Waals surface area contributed by atoms with Gasteiger partial charge < -0.3 is 19.4 Å². The van der Waals surface area contributed by atoms with Crippen molar-refractivity contribution in [1.82, 2.24) is 19.4 Å². The van der Waals surface area contributed by atoms with E-state index in [-0.39, 0.29) is 40.5 Å². The maximum atomic E-state index is 13.4. The molecule has 1 N–H and O–H groups in total. The summed E-state index contributed by atoms with van der Waals surface area (Å²) >= 11 is 7.17. The van der Waals surface area contributed by atoms with Gasteiger partial charge in [0.2, 0.25) is 11.8 Å². The van der Waals surface area contributed by atoms with Gasteiger partial charge in [-0.15, -0.1) is 11.3 Å². The van der Waals surface area contributed by atoms with Gasteiger partial charge in [0.1, 0.15) is 10.3 Å². The third kappa shape index (κ3) is 7.05. The van der Waals surface area contributed by atoms with Crippen LogP contribution in [0.1, 0.15) is 45.4 Å². The van der Waals surface area contributed by atoms with Crippen molar-refractivity contribution in [3.8, 4) is 0 Å². The van der Waals surface area contributed by atoms with E-state index in [1.165, 1.54) is 4.90 Å². The van der Waals surface area contributed by atoms with E-state index < -0.39 is 16.1 Å². The highest BCUT2D eigenvalue weighted by molar-refractivity contribution is 7.91. The Kier molecular flexibility index (Phi) is 9.54. The van der Waals surface area contributed by atoms with Crippen molar-refractivity contribution in [3.63, 3.8) is 0 Å². The molecule has 2 amide bonds. The fourth-order valence-corrected chi connectivity index (χ4v) is 8.95. The van der Waals surface area contributed by atoms with Gasteiger partial charge in [-0.25, -0.2) is 8.42 Å². The molecule has 3 unspecified atom stereocenters. The molecule has 0 bridgehead atoms. The van der Waals surface area contributed by atoms with Crippen molar-refractivity contribution >= 4 is 60.8 Å². The summed E-state index contributed by atoms with van der Waals surface area (Å²) in [5, 5.41) is 1.25. The molecule has 0 radical (unpaired) electrons. The minimum Gasteiger partial charge on any atom is -0.466 e. The summed E-state index contributed by atoms with van der Waals surface area (Å²) in [5.41, 5.74) is 0. The van der Waals surface area contributed by atoms with E-state index in [0.717, 1.165) is 53.7 Å². The largest absolute Gasteiger partial charge is 0.466 e. The van der Waals surface area contributed by atoms with Crippen LogP contribution in [-0.2, 0) is 29.1 Å². The molecule has 3 aliphatic heterocycles. The number of thiophene rings is 1. The van der Waals surface area contributed by atoms with Crippen molar-refractivity contribution in [2.45, 2.75) is 61.7 Å². The first-order chi connectivity index (χ1) is 19.6. The van der Waals surface area contributed by atoms with Gasteiger partial charge in [0.25, 0.3) is 10.0 Å². The Labute approximate surface area is 250 Å². The molecule has 2 aromatic rings. The quantitative estimate of drug-likeness (QED) is 0.426. The fourth-order valence-electron chi connectivity index (χ4n) is 6.15. The lowest BCUT2D eigenvalue weighted by molar-refractivity contribution is -0.150. The normalized spacial score (nSPS) is 24.2. The van der Waals surface area contributed by atoms with Crippen LogP contribution in [0.25, 0.3) is 10.1 Å². The van der Waals surface area contributed by atoms with E-state index in [4.69, 9.17) is 16.3 Å². The zero-order chi connectivity index (χ0) is 29.1. The molecule has 3 atom stereocenters. The molecule has 1 aromatic carbocycles. The number of piperidine rings is 2. The van der Waals surface area contributed by atoms with E-state index >= 15 is 0 Å². The Morgan fingerprint density at radius 1 is 1.10 bits per heavy atom. The second kappa shape index (κ2) is 12.9. The lowest BCUT2D eigenvalue weighted by atomic mass is 9.97. The zero-order valence-electron chi connectivity index (χ0n) is 23.2. The molecular weight excluding hydrogens is 588 g/mol. The van der Waals surface area contributed by atoms with Crippen molar-refractivity contribution in [3.05, 3.63) is 29.3 Å². The summed E-state index contributed by atoms with van der Waals surface area (Å²) in [5.74, 6) is -0.778. The number of nitrogens with zero attached hydrogens (tertiary/aromatic N) is 3. The number of benzene rings is 1. The molecule has 1 aromatic heterocycles. The predicted octanol–water partition coefficient (Wildman–Crippen LogP) is 3.09. The Balaban J connectivity index is 1.18. The summed E-state index contributed by atoms with van der Waals surface area (Å²) < 4.78 is 35.0. The number of nitrogens with one attached hydrogen (secondary N) is 1. The number of halogens is 1. The van der Waals surface area contributed by atoms with Gasteiger partial charge in [-0.05, 0) is 81.6 Å². The minimum absolute atomic E-state index is 0.0269. The number of hydrogen-bond donors (Lipinski definition) is 1. The van der Waals surface area contributed by atoms with Crippen molar-refractivity contribution < 1.29 is 27.5 Å². The van der Waals surface area contributed by atoms with Crippen LogP contribution in [0.2, 0.25) is 5.02 Å². The van der Waals surface area contributed by atoms with Gasteiger partial charge in [0, 0.05) is 41.9 Å². The van der Waals surface area contributed by atoms with Gasteiger partial charge in [-0.3, -0.25) is 14.4 Å². The SMILES string of the molecule is CCOC(=O)C1CCCN(CC2CCCN2C(=O)CN2CCCC(NS(=O)(=O)c3cc4cc(Cl)ccc4s3)C2=O)C1. The highest BCUT2D eigenvalue weighted by atomic mass is 35.5. The lowest BCUT2D eigenvalue weighted by Gasteiger charge is -2.37. The van der Waals surface area contributed by atoms with E-state index in [1.54, 1.807) is 24.3 Å². The summed E-state index contributed by atoms with van der Waals surface area (Å²) in [6, 6.07) is 5.86. The molecule has 10 nitrogen and oxygen atoms in total. The number of carbonyl (C=O) groups excluding carboxylic acids is 3. The molecule has 224 valence electrons. The summed E-state index contributed by atoms with van der Waals surface area (Å²) in [6.45, 7) is 5.37. The van der Waals surface area contributed by atoms with Crippen molar-refractivity contribution in [2.75, 3.05) is 45.9 Å². The Bertz CT molecular complexity index is 1400. The first-order valence-electron chi connectivity index (χ1n) is 14.3. The van der Waals surface area contributed by atoms with E-state index in [9.17, 15) is 22.8 Å². The van der Waals surface area contributed by atoms with Gasteiger partial charge in [-0.1, -0.05) is 11.6 Å². The van der Waals surface area contributed by atoms with Crippen LogP contribution in [0.15, 0.2) is 28.5 Å². The average Bonchev–Trinajstić information content (AvgIpc) is 3.58. The van der Waals surface area contributed by atoms with Crippen LogP contribution in [0.5, 0.6) is 0 Å². The smallest absolute Gasteiger partial charge is 0.310 e. The highest BCUT2D eigenvalue weighted by Crippen LogP contribution is 2.31. The number of sulfonamides is 1. The van der Waals surface area contributed by atoms with Gasteiger partial charge in [0.15, 0.2) is 0 Å². The van der Waals surface area contributed by atoms with E-state index in [2.05, 4.69) is 9.62 Å².